The van der Waals surface area contributed by atoms with Gasteiger partial charge in [-0.15, -0.1) is 0 Å². The average Bonchev–Trinajstić information content (AvgIpc) is 3.06. The van der Waals surface area contributed by atoms with Crippen molar-refractivity contribution in [3.8, 4) is 0 Å². The van der Waals surface area contributed by atoms with Crippen molar-refractivity contribution in [1.29, 1.82) is 0 Å². The molecule has 2 aliphatic rings. The maximum absolute atomic E-state index is 3.67. The quantitative estimate of drug-likeness (QED) is 0.569. The largest absolute Gasteiger partial charge is 0.354 e. The molecule has 0 aliphatic heterocycles. The minimum atomic E-state index is 0.0268. The summed E-state index contributed by atoms with van der Waals surface area (Å²) in [5.41, 5.74) is 9.37. The number of rotatable bonds is 0. The van der Waals surface area contributed by atoms with Crippen molar-refractivity contribution in [2.24, 2.45) is 0 Å². The number of nitrogens with one attached hydrogen (secondary N) is 1. The molecule has 1 aromatic heterocycles. The van der Waals surface area contributed by atoms with E-state index in [1.165, 1.54) is 44.4 Å². The van der Waals surface area contributed by atoms with Crippen LogP contribution in [0.3, 0.4) is 0 Å². The van der Waals surface area contributed by atoms with Gasteiger partial charge >= 0.3 is 0 Å². The van der Waals surface area contributed by atoms with Crippen molar-refractivity contribution < 1.29 is 0 Å². The summed E-state index contributed by atoms with van der Waals surface area (Å²) in [7, 11) is 0. The maximum Gasteiger partial charge on any atom is 0.0512 e. The van der Waals surface area contributed by atoms with Gasteiger partial charge in [0.05, 0.1) is 5.69 Å². The second kappa shape index (κ2) is 3.80. The van der Waals surface area contributed by atoms with Crippen LogP contribution in [0.5, 0.6) is 0 Å². The van der Waals surface area contributed by atoms with Crippen LogP contribution in [0.25, 0.3) is 28.1 Å². The lowest BCUT2D eigenvalue weighted by Gasteiger charge is -2.29. The lowest BCUT2D eigenvalue weighted by molar-refractivity contribution is 0.672. The molecule has 0 atom stereocenters. The fraction of sp³-hybridized carbons (Fsp3) is 0.143. The Morgan fingerprint density at radius 3 is 2.55 bits per heavy atom. The van der Waals surface area contributed by atoms with Gasteiger partial charge in [0.1, 0.15) is 0 Å². The summed E-state index contributed by atoms with van der Waals surface area (Å²) < 4.78 is 0. The Hall–Kier alpha value is -2.54. The van der Waals surface area contributed by atoms with Gasteiger partial charge in [-0.05, 0) is 34.4 Å². The van der Waals surface area contributed by atoms with Crippen molar-refractivity contribution in [3.05, 3.63) is 77.0 Å². The summed E-state index contributed by atoms with van der Waals surface area (Å²) in [4.78, 5) is 3.67. The molecule has 2 aliphatic carbocycles. The Balaban J connectivity index is 1.90. The zero-order valence-electron chi connectivity index (χ0n) is 12.8. The van der Waals surface area contributed by atoms with E-state index in [1.54, 1.807) is 0 Å². The van der Waals surface area contributed by atoms with Crippen molar-refractivity contribution in [1.82, 2.24) is 4.98 Å². The Kier molecular flexibility index (Phi) is 2.08. The number of fused-ring (bicyclic) bond motifs is 7. The van der Waals surface area contributed by atoms with Gasteiger partial charge in [0.25, 0.3) is 0 Å². The monoisotopic (exact) mass is 283 g/mol. The highest BCUT2D eigenvalue weighted by Crippen LogP contribution is 2.51. The van der Waals surface area contributed by atoms with Crippen LogP contribution in [-0.4, -0.2) is 4.98 Å². The van der Waals surface area contributed by atoms with E-state index < -0.39 is 0 Å². The second-order valence-corrected chi connectivity index (χ2v) is 6.85. The summed E-state index contributed by atoms with van der Waals surface area (Å²) in [5.74, 6) is 0. The molecule has 106 valence electrons. The van der Waals surface area contributed by atoms with Gasteiger partial charge in [-0.3, -0.25) is 0 Å². The van der Waals surface area contributed by atoms with Crippen LogP contribution in [0.15, 0.2) is 54.6 Å². The number of hydrogen-bond acceptors (Lipinski definition) is 0. The zero-order valence-corrected chi connectivity index (χ0v) is 12.8. The Labute approximate surface area is 130 Å². The highest BCUT2D eigenvalue weighted by atomic mass is 14.7. The number of para-hydroxylation sites is 1. The van der Waals surface area contributed by atoms with Crippen molar-refractivity contribution in [2.45, 2.75) is 19.3 Å². The van der Waals surface area contributed by atoms with Crippen LogP contribution < -0.4 is 0 Å². The number of H-pyrrole nitrogens is 1. The molecule has 0 saturated carbocycles. The molecule has 1 heteroatoms. The summed E-state index contributed by atoms with van der Waals surface area (Å²) >= 11 is 0. The van der Waals surface area contributed by atoms with E-state index in [0.29, 0.717) is 0 Å². The first kappa shape index (κ1) is 12.0. The highest BCUT2D eigenvalue weighted by Gasteiger charge is 2.35. The molecule has 0 spiro atoms. The minimum absolute atomic E-state index is 0.0268. The Bertz CT molecular complexity index is 996. The first-order valence-corrected chi connectivity index (χ1v) is 7.81. The molecule has 5 rings (SSSR count). The van der Waals surface area contributed by atoms with E-state index in [0.717, 1.165) is 0 Å². The molecule has 0 amide bonds. The molecular weight excluding hydrogens is 266 g/mol. The molecule has 0 fully saturated rings. The number of hydrogen-bond donors (Lipinski definition) is 1. The van der Waals surface area contributed by atoms with Crippen LogP contribution in [0, 0.1) is 0 Å². The van der Waals surface area contributed by atoms with E-state index >= 15 is 0 Å². The van der Waals surface area contributed by atoms with Crippen molar-refractivity contribution >= 4 is 28.1 Å². The molecule has 3 aromatic rings. The van der Waals surface area contributed by atoms with Crippen LogP contribution >= 0.6 is 0 Å². The maximum atomic E-state index is 3.67. The SMILES string of the molecule is CC1(C)C=C2C(=Cc3ccccc32)c2[nH]c3ccccc3c21. The first-order valence-electron chi connectivity index (χ1n) is 7.81. The predicted octanol–water partition coefficient (Wildman–Crippen LogP) is 5.40. The number of aromatic amines is 1. The van der Waals surface area contributed by atoms with E-state index in [9.17, 15) is 0 Å². The van der Waals surface area contributed by atoms with Gasteiger partial charge in [0, 0.05) is 21.9 Å². The zero-order chi connectivity index (χ0) is 14.9. The molecule has 0 saturated heterocycles. The van der Waals surface area contributed by atoms with Gasteiger partial charge in [0.15, 0.2) is 0 Å². The fourth-order valence-corrected chi connectivity index (χ4v) is 4.06. The summed E-state index contributed by atoms with van der Waals surface area (Å²) in [5, 5.41) is 1.34. The van der Waals surface area contributed by atoms with E-state index in [4.69, 9.17) is 0 Å². The number of allylic oxidation sites excluding steroid dienone is 3. The average molecular weight is 283 g/mol. The third kappa shape index (κ3) is 1.38. The third-order valence-electron chi connectivity index (χ3n) is 4.97. The molecule has 22 heavy (non-hydrogen) atoms. The van der Waals surface area contributed by atoms with Crippen LogP contribution in [0.4, 0.5) is 0 Å². The molecule has 1 heterocycles. The third-order valence-corrected chi connectivity index (χ3v) is 4.97. The van der Waals surface area contributed by atoms with E-state index in [1.807, 2.05) is 0 Å². The van der Waals surface area contributed by atoms with Gasteiger partial charge in [0.2, 0.25) is 0 Å². The Morgan fingerprint density at radius 2 is 1.64 bits per heavy atom. The highest BCUT2D eigenvalue weighted by molar-refractivity contribution is 6.20. The Morgan fingerprint density at radius 1 is 0.864 bits per heavy atom. The first-order chi connectivity index (χ1) is 10.6. The predicted molar refractivity (Wildman–Crippen MR) is 93.6 cm³/mol. The molecule has 1 N–H and O–H groups in total. The van der Waals surface area contributed by atoms with Crippen molar-refractivity contribution in [2.75, 3.05) is 0 Å². The van der Waals surface area contributed by atoms with Crippen LogP contribution in [-0.2, 0) is 5.41 Å². The van der Waals surface area contributed by atoms with Crippen LogP contribution in [0.1, 0.15) is 36.2 Å². The normalized spacial score (nSPS) is 17.5. The lowest BCUT2D eigenvalue weighted by atomic mass is 9.74. The number of benzene rings is 2. The molecule has 2 aromatic carbocycles. The van der Waals surface area contributed by atoms with Crippen LogP contribution in [0.2, 0.25) is 0 Å². The summed E-state index contributed by atoms with van der Waals surface area (Å²) in [6, 6.07) is 17.3. The van der Waals surface area contributed by atoms with Gasteiger partial charge < -0.3 is 4.98 Å². The molecular formula is C21H17N. The van der Waals surface area contributed by atoms with Crippen molar-refractivity contribution in [3.63, 3.8) is 0 Å². The lowest BCUT2D eigenvalue weighted by Crippen LogP contribution is -2.19. The molecule has 1 nitrogen and oxygen atoms in total. The summed E-state index contributed by atoms with van der Waals surface area (Å²) in [6.45, 7) is 4.63. The standard InChI is InChI=1S/C21H17N/c1-21(2)12-17-14-8-4-3-7-13(14)11-16(17)20-19(21)15-9-5-6-10-18(15)22-20/h3-12,22H,1-2H3. The fourth-order valence-electron chi connectivity index (χ4n) is 4.06. The minimum Gasteiger partial charge on any atom is -0.354 e. The second-order valence-electron chi connectivity index (χ2n) is 6.85. The smallest absolute Gasteiger partial charge is 0.0512 e. The molecule has 0 unspecified atom stereocenters. The van der Waals surface area contributed by atoms with E-state index in [-0.39, 0.29) is 5.41 Å². The summed E-state index contributed by atoms with van der Waals surface area (Å²) in [6.07, 6.45) is 4.76. The van der Waals surface area contributed by atoms with Gasteiger partial charge in [-0.2, -0.15) is 0 Å². The molecule has 0 radical (unpaired) electrons. The molecule has 0 bridgehead atoms. The number of aromatic nitrogens is 1. The van der Waals surface area contributed by atoms with Gasteiger partial charge in [-0.1, -0.05) is 62.4 Å². The van der Waals surface area contributed by atoms with Gasteiger partial charge in [-0.25, -0.2) is 0 Å². The topological polar surface area (TPSA) is 15.8 Å². The van der Waals surface area contributed by atoms with E-state index in [2.05, 4.69) is 79.5 Å².